The summed E-state index contributed by atoms with van der Waals surface area (Å²) in [6.45, 7) is 0.0359. The Balaban J connectivity index is 1.57. The lowest BCUT2D eigenvalue weighted by Crippen LogP contribution is -2.54. The van der Waals surface area contributed by atoms with Gasteiger partial charge in [-0.2, -0.15) is 0 Å². The Kier molecular flexibility index (Phi) is 9.45. The number of hydrogen-bond donors (Lipinski definition) is 3. The van der Waals surface area contributed by atoms with E-state index in [1.165, 1.54) is 0 Å². The number of carboxylic acid groups (broad SMARTS) is 1. The van der Waals surface area contributed by atoms with Crippen molar-refractivity contribution in [1.29, 1.82) is 0 Å². The van der Waals surface area contributed by atoms with Crippen LogP contribution in [0.5, 0.6) is 0 Å². The van der Waals surface area contributed by atoms with E-state index in [0.29, 0.717) is 0 Å². The van der Waals surface area contributed by atoms with E-state index < -0.39 is 36.0 Å². The summed E-state index contributed by atoms with van der Waals surface area (Å²) in [5.41, 5.74) is 3.09. The number of alkyl carbamates (subject to hydrolysis) is 1. The molecule has 0 saturated carbocycles. The summed E-state index contributed by atoms with van der Waals surface area (Å²) in [6.07, 6.45) is -0.620. The van der Waals surface area contributed by atoms with E-state index >= 15 is 0 Å². The molecule has 4 aromatic carbocycles. The third-order valence-corrected chi connectivity index (χ3v) is 6.32. The van der Waals surface area contributed by atoms with E-state index in [-0.39, 0.29) is 13.0 Å². The van der Waals surface area contributed by atoms with Crippen LogP contribution in [-0.4, -0.2) is 35.2 Å². The van der Waals surface area contributed by atoms with Gasteiger partial charge >= 0.3 is 12.1 Å². The van der Waals surface area contributed by atoms with E-state index in [0.717, 1.165) is 22.3 Å². The van der Waals surface area contributed by atoms with Gasteiger partial charge in [-0.3, -0.25) is 4.79 Å². The van der Waals surface area contributed by atoms with Crippen molar-refractivity contribution in [3.8, 4) is 0 Å². The van der Waals surface area contributed by atoms with Gasteiger partial charge in [0, 0.05) is 12.3 Å². The minimum absolute atomic E-state index is 0.0359. The second-order valence-corrected chi connectivity index (χ2v) is 9.07. The average Bonchev–Trinajstić information content (AvgIpc) is 2.97. The summed E-state index contributed by atoms with van der Waals surface area (Å²) >= 11 is 0. The number of carboxylic acids is 1. The van der Waals surface area contributed by atoms with Gasteiger partial charge in [-0.25, -0.2) is 9.59 Å². The van der Waals surface area contributed by atoms with E-state index in [1.807, 2.05) is 121 Å². The number of rotatable bonds is 11. The molecule has 39 heavy (non-hydrogen) atoms. The van der Waals surface area contributed by atoms with E-state index in [4.69, 9.17) is 4.74 Å². The van der Waals surface area contributed by atoms with Crippen LogP contribution in [0.3, 0.4) is 0 Å². The molecule has 7 heteroatoms. The highest BCUT2D eigenvalue weighted by atomic mass is 16.5. The molecule has 3 N–H and O–H groups in total. The third kappa shape index (κ3) is 7.79. The molecule has 2 atom stereocenters. The summed E-state index contributed by atoms with van der Waals surface area (Å²) in [5, 5.41) is 15.6. The van der Waals surface area contributed by atoms with Crippen LogP contribution in [0.2, 0.25) is 0 Å². The Labute approximate surface area is 227 Å². The maximum Gasteiger partial charge on any atom is 0.408 e. The van der Waals surface area contributed by atoms with Crippen molar-refractivity contribution in [3.63, 3.8) is 0 Å². The molecule has 0 fully saturated rings. The summed E-state index contributed by atoms with van der Waals surface area (Å²) in [4.78, 5) is 38.8. The van der Waals surface area contributed by atoms with E-state index in [9.17, 15) is 19.5 Å². The first-order valence-corrected chi connectivity index (χ1v) is 12.7. The van der Waals surface area contributed by atoms with Crippen molar-refractivity contribution in [1.82, 2.24) is 10.6 Å². The zero-order chi connectivity index (χ0) is 27.5. The number of ether oxygens (including phenoxy) is 1. The van der Waals surface area contributed by atoms with Gasteiger partial charge in [-0.05, 0) is 22.3 Å². The quantitative estimate of drug-likeness (QED) is 0.259. The highest BCUT2D eigenvalue weighted by molar-refractivity contribution is 5.90. The van der Waals surface area contributed by atoms with E-state index in [2.05, 4.69) is 10.6 Å². The van der Waals surface area contributed by atoms with Gasteiger partial charge in [0.15, 0.2) is 0 Å². The smallest absolute Gasteiger partial charge is 0.408 e. The van der Waals surface area contributed by atoms with Gasteiger partial charge in [-0.15, -0.1) is 0 Å². The fourth-order valence-corrected chi connectivity index (χ4v) is 4.41. The van der Waals surface area contributed by atoms with E-state index in [1.54, 1.807) is 0 Å². The molecule has 0 saturated heterocycles. The van der Waals surface area contributed by atoms with Crippen LogP contribution in [0.4, 0.5) is 4.79 Å². The predicted molar refractivity (Wildman–Crippen MR) is 148 cm³/mol. The molecule has 0 aliphatic heterocycles. The summed E-state index contributed by atoms with van der Waals surface area (Å²) in [6, 6.07) is 34.4. The molecule has 0 spiro atoms. The van der Waals surface area contributed by atoms with Crippen molar-refractivity contribution >= 4 is 18.0 Å². The summed E-state index contributed by atoms with van der Waals surface area (Å²) in [5.74, 6) is -2.47. The Morgan fingerprint density at radius 1 is 0.641 bits per heavy atom. The molecule has 0 aromatic heterocycles. The molecule has 0 heterocycles. The zero-order valence-corrected chi connectivity index (χ0v) is 21.3. The first kappa shape index (κ1) is 27.1. The van der Waals surface area contributed by atoms with Crippen LogP contribution in [0.1, 0.15) is 28.2 Å². The van der Waals surface area contributed by atoms with Crippen molar-refractivity contribution < 1.29 is 24.2 Å². The number of amides is 2. The minimum Gasteiger partial charge on any atom is -0.480 e. The Morgan fingerprint density at radius 3 is 1.59 bits per heavy atom. The molecule has 0 unspecified atom stereocenters. The largest absolute Gasteiger partial charge is 0.480 e. The van der Waals surface area contributed by atoms with Crippen LogP contribution in [-0.2, 0) is 27.4 Å². The molecule has 0 aliphatic carbocycles. The second-order valence-electron chi connectivity index (χ2n) is 9.07. The Hall–Kier alpha value is -4.91. The lowest BCUT2D eigenvalue weighted by atomic mass is 9.84. The number of benzene rings is 4. The summed E-state index contributed by atoms with van der Waals surface area (Å²) in [7, 11) is 0. The number of hydrogen-bond acceptors (Lipinski definition) is 4. The number of carbonyl (C=O) groups excluding carboxylic acids is 2. The first-order chi connectivity index (χ1) is 19.0. The topological polar surface area (TPSA) is 105 Å². The van der Waals surface area contributed by atoms with Crippen molar-refractivity contribution in [2.45, 2.75) is 31.0 Å². The first-order valence-electron chi connectivity index (χ1n) is 12.7. The zero-order valence-electron chi connectivity index (χ0n) is 21.3. The number of aliphatic carboxylic acids is 1. The lowest BCUT2D eigenvalue weighted by molar-refractivity contribution is -0.142. The van der Waals surface area contributed by atoms with Gasteiger partial charge in [-0.1, -0.05) is 121 Å². The SMILES string of the molecule is O=C(N[C@@H](Cc1ccccc1)C(=O)N[C@@H](C(=O)O)C(c1ccccc1)c1ccccc1)OCc1ccccc1. The molecule has 0 aliphatic rings. The van der Waals surface area contributed by atoms with Crippen LogP contribution in [0.15, 0.2) is 121 Å². The highest BCUT2D eigenvalue weighted by Crippen LogP contribution is 2.28. The highest BCUT2D eigenvalue weighted by Gasteiger charge is 2.34. The maximum absolute atomic E-state index is 13.6. The number of carbonyl (C=O) groups is 3. The molecule has 198 valence electrons. The van der Waals surface area contributed by atoms with Crippen LogP contribution < -0.4 is 10.6 Å². The molecule has 7 nitrogen and oxygen atoms in total. The van der Waals surface area contributed by atoms with Gasteiger partial charge in [0.05, 0.1) is 0 Å². The molecule has 0 bridgehead atoms. The fourth-order valence-electron chi connectivity index (χ4n) is 4.41. The normalized spacial score (nSPS) is 12.2. The molecule has 4 rings (SSSR count). The Bertz CT molecular complexity index is 1310. The standard InChI is InChI=1S/C32H30N2O5/c35-30(34-29(31(36)37)28(25-17-9-3-10-18-25)26-19-11-4-12-20-26)27(21-23-13-5-1-6-14-23)33-32(38)39-22-24-15-7-2-8-16-24/h1-20,27-29H,21-22H2,(H,33,38)(H,34,35)(H,36,37)/t27-,29+/m0/s1. The lowest BCUT2D eigenvalue weighted by Gasteiger charge is -2.28. The van der Waals surface area contributed by atoms with Gasteiger partial charge < -0.3 is 20.5 Å². The van der Waals surface area contributed by atoms with Crippen LogP contribution in [0.25, 0.3) is 0 Å². The third-order valence-electron chi connectivity index (χ3n) is 6.32. The average molecular weight is 523 g/mol. The molecular weight excluding hydrogens is 492 g/mol. The minimum atomic E-state index is -1.29. The monoisotopic (exact) mass is 522 g/mol. The van der Waals surface area contributed by atoms with Gasteiger partial charge in [0.1, 0.15) is 18.7 Å². The van der Waals surface area contributed by atoms with Crippen molar-refractivity contribution in [3.05, 3.63) is 144 Å². The van der Waals surface area contributed by atoms with Crippen LogP contribution in [0, 0.1) is 0 Å². The molecule has 0 radical (unpaired) electrons. The Morgan fingerprint density at radius 2 is 1.10 bits per heavy atom. The van der Waals surface area contributed by atoms with Gasteiger partial charge in [0.2, 0.25) is 5.91 Å². The van der Waals surface area contributed by atoms with Crippen molar-refractivity contribution in [2.75, 3.05) is 0 Å². The number of nitrogens with one attached hydrogen (secondary N) is 2. The predicted octanol–water partition coefficient (Wildman–Crippen LogP) is 4.93. The second kappa shape index (κ2) is 13.6. The van der Waals surface area contributed by atoms with Crippen LogP contribution >= 0.6 is 0 Å². The fraction of sp³-hybridized carbons (Fsp3) is 0.156. The molecule has 4 aromatic rings. The van der Waals surface area contributed by atoms with Crippen molar-refractivity contribution in [2.24, 2.45) is 0 Å². The maximum atomic E-state index is 13.6. The molecule has 2 amide bonds. The molecular formula is C32H30N2O5. The van der Waals surface area contributed by atoms with Gasteiger partial charge in [0.25, 0.3) is 0 Å². The summed E-state index contributed by atoms with van der Waals surface area (Å²) < 4.78 is 5.34.